The number of hydrogen-bond acceptors (Lipinski definition) is 4. The van der Waals surface area contributed by atoms with Crippen molar-refractivity contribution in [2.75, 3.05) is 18.4 Å². The number of nitrogens with zero attached hydrogens (tertiary/aromatic N) is 2. The van der Waals surface area contributed by atoms with Gasteiger partial charge in [0.15, 0.2) is 0 Å². The highest BCUT2D eigenvalue weighted by Gasteiger charge is 2.32. The molecule has 1 aromatic heterocycles. The lowest BCUT2D eigenvalue weighted by Crippen LogP contribution is -2.37. The molecule has 1 aliphatic heterocycles. The predicted molar refractivity (Wildman–Crippen MR) is 118 cm³/mol. The average Bonchev–Trinajstić information content (AvgIpc) is 3.03. The van der Waals surface area contributed by atoms with Crippen molar-refractivity contribution in [2.45, 2.75) is 53.0 Å². The molecule has 2 aliphatic rings. The minimum absolute atomic E-state index is 0.0214. The molecular weight excluding hydrogens is 378 g/mol. The summed E-state index contributed by atoms with van der Waals surface area (Å²) in [4.78, 5) is 16.2. The Hall–Kier alpha value is -2.16. The van der Waals surface area contributed by atoms with Crippen LogP contribution in [0.5, 0.6) is 0 Å². The molecule has 0 fully saturated rings. The second-order valence-corrected chi connectivity index (χ2v) is 10.5. The molecule has 2 aromatic rings. The van der Waals surface area contributed by atoms with Crippen LogP contribution >= 0.6 is 11.3 Å². The molecule has 2 heterocycles. The maximum atomic E-state index is 12.7. The van der Waals surface area contributed by atoms with Crippen molar-refractivity contribution in [3.63, 3.8) is 0 Å². The number of rotatable bonds is 3. The molecule has 1 amide bonds. The maximum Gasteiger partial charge on any atom is 0.239 e. The molecule has 1 atom stereocenters. The van der Waals surface area contributed by atoms with E-state index < -0.39 is 0 Å². The van der Waals surface area contributed by atoms with Crippen molar-refractivity contribution in [2.24, 2.45) is 11.3 Å². The summed E-state index contributed by atoms with van der Waals surface area (Å²) in [5.41, 5.74) is 4.82. The fraction of sp³-hybridized carbons (Fsp3) is 0.500. The summed E-state index contributed by atoms with van der Waals surface area (Å²) < 4.78 is 0. The van der Waals surface area contributed by atoms with E-state index in [-0.39, 0.29) is 11.3 Å². The lowest BCUT2D eigenvalue weighted by molar-refractivity contribution is -0.117. The highest BCUT2D eigenvalue weighted by Crippen LogP contribution is 2.44. The highest BCUT2D eigenvalue weighted by molar-refractivity contribution is 7.16. The van der Waals surface area contributed by atoms with E-state index in [9.17, 15) is 10.1 Å². The summed E-state index contributed by atoms with van der Waals surface area (Å²) >= 11 is 1.61. The lowest BCUT2D eigenvalue weighted by atomic mass is 9.72. The third kappa shape index (κ3) is 4.24. The molecule has 0 bridgehead atoms. The first kappa shape index (κ1) is 20.1. The van der Waals surface area contributed by atoms with E-state index in [1.54, 1.807) is 11.3 Å². The van der Waals surface area contributed by atoms with Crippen LogP contribution < -0.4 is 5.32 Å². The first-order valence-electron chi connectivity index (χ1n) is 10.5. The first-order valence-corrected chi connectivity index (χ1v) is 11.3. The number of carbonyl (C=O) groups is 1. The summed E-state index contributed by atoms with van der Waals surface area (Å²) in [5, 5.41) is 13.5. The molecule has 0 saturated heterocycles. The van der Waals surface area contributed by atoms with Crippen LogP contribution in [0.15, 0.2) is 24.3 Å². The Morgan fingerprint density at radius 3 is 2.76 bits per heavy atom. The van der Waals surface area contributed by atoms with Gasteiger partial charge in [0.1, 0.15) is 11.1 Å². The summed E-state index contributed by atoms with van der Waals surface area (Å²) in [7, 11) is 0. The molecule has 1 N–H and O–H groups in total. The standard InChI is InChI=1S/C24H29N3OS/c1-24(2,3)18-8-9-19-20(13-25)23(29-21(19)12-18)26-22(28)15-27-11-10-16-6-4-5-7-17(16)14-27/h4-7,18H,8-12,14-15H2,1-3H3,(H,26,28)/t18-/m0/s1. The van der Waals surface area contributed by atoms with Gasteiger partial charge in [-0.25, -0.2) is 0 Å². The first-order chi connectivity index (χ1) is 13.8. The third-order valence-corrected chi connectivity index (χ3v) is 7.60. The van der Waals surface area contributed by atoms with Crippen molar-refractivity contribution in [1.29, 1.82) is 5.26 Å². The Balaban J connectivity index is 1.44. The summed E-state index contributed by atoms with van der Waals surface area (Å²) in [6.07, 6.45) is 4.04. The molecule has 4 rings (SSSR count). The fourth-order valence-corrected chi connectivity index (χ4v) is 5.88. The predicted octanol–water partition coefficient (Wildman–Crippen LogP) is 4.77. The number of hydrogen-bond donors (Lipinski definition) is 1. The third-order valence-electron chi connectivity index (χ3n) is 6.43. The van der Waals surface area contributed by atoms with Gasteiger partial charge in [0, 0.05) is 18.0 Å². The summed E-state index contributed by atoms with van der Waals surface area (Å²) in [5.74, 6) is 0.601. The topological polar surface area (TPSA) is 56.1 Å². The normalized spacial score (nSPS) is 19.2. The van der Waals surface area contributed by atoms with Crippen LogP contribution in [0.1, 0.15) is 54.3 Å². The quantitative estimate of drug-likeness (QED) is 0.797. The number of benzene rings is 1. The molecule has 1 aliphatic carbocycles. The Kier molecular flexibility index (Phi) is 5.50. The second kappa shape index (κ2) is 7.93. The molecular formula is C24H29N3OS. The molecule has 1 aromatic carbocycles. The average molecular weight is 408 g/mol. The molecule has 0 spiro atoms. The van der Waals surface area contributed by atoms with Gasteiger partial charge in [-0.15, -0.1) is 11.3 Å². The lowest BCUT2D eigenvalue weighted by Gasteiger charge is -2.33. The minimum atomic E-state index is -0.0214. The molecule has 4 nitrogen and oxygen atoms in total. The van der Waals surface area contributed by atoms with Crippen LogP contribution in [-0.4, -0.2) is 23.9 Å². The zero-order valence-electron chi connectivity index (χ0n) is 17.5. The van der Waals surface area contributed by atoms with Gasteiger partial charge >= 0.3 is 0 Å². The monoisotopic (exact) mass is 407 g/mol. The molecule has 152 valence electrons. The van der Waals surface area contributed by atoms with E-state index in [2.05, 4.69) is 61.3 Å². The number of carbonyl (C=O) groups excluding carboxylic acids is 1. The van der Waals surface area contributed by atoms with Crippen molar-refractivity contribution in [3.05, 3.63) is 51.4 Å². The minimum Gasteiger partial charge on any atom is -0.315 e. The van der Waals surface area contributed by atoms with Crippen LogP contribution in [0.4, 0.5) is 5.00 Å². The molecule has 0 radical (unpaired) electrons. The Labute approximate surface area is 177 Å². The van der Waals surface area contributed by atoms with Gasteiger partial charge in [-0.1, -0.05) is 45.0 Å². The number of thiophene rings is 1. The van der Waals surface area contributed by atoms with Crippen LogP contribution in [0.3, 0.4) is 0 Å². The second-order valence-electron chi connectivity index (χ2n) is 9.40. The Morgan fingerprint density at radius 1 is 1.28 bits per heavy atom. The zero-order valence-corrected chi connectivity index (χ0v) is 18.4. The summed E-state index contributed by atoms with van der Waals surface area (Å²) in [6.45, 7) is 8.95. The Bertz CT molecular complexity index is 963. The molecule has 29 heavy (non-hydrogen) atoms. The van der Waals surface area contributed by atoms with Crippen LogP contribution in [0.25, 0.3) is 0 Å². The van der Waals surface area contributed by atoms with Crippen molar-refractivity contribution in [1.82, 2.24) is 4.90 Å². The van der Waals surface area contributed by atoms with Gasteiger partial charge in [-0.3, -0.25) is 9.69 Å². The van der Waals surface area contributed by atoms with Crippen LogP contribution in [0, 0.1) is 22.7 Å². The van der Waals surface area contributed by atoms with Gasteiger partial charge in [0.05, 0.1) is 12.1 Å². The largest absolute Gasteiger partial charge is 0.315 e. The molecule has 0 saturated carbocycles. The Morgan fingerprint density at radius 2 is 2.03 bits per heavy atom. The van der Waals surface area contributed by atoms with E-state index in [4.69, 9.17) is 0 Å². The van der Waals surface area contributed by atoms with Crippen LogP contribution in [-0.2, 0) is 30.6 Å². The fourth-order valence-electron chi connectivity index (χ4n) is 4.59. The van der Waals surface area contributed by atoms with Crippen molar-refractivity contribution >= 4 is 22.2 Å². The van der Waals surface area contributed by atoms with E-state index in [0.717, 1.165) is 43.8 Å². The maximum absolute atomic E-state index is 12.7. The number of nitrogens with one attached hydrogen (secondary N) is 1. The van der Waals surface area contributed by atoms with Crippen molar-refractivity contribution < 1.29 is 4.79 Å². The van der Waals surface area contributed by atoms with Gasteiger partial charge in [0.2, 0.25) is 5.91 Å². The van der Waals surface area contributed by atoms with E-state index in [1.165, 1.54) is 21.6 Å². The van der Waals surface area contributed by atoms with Crippen molar-refractivity contribution in [3.8, 4) is 6.07 Å². The molecule has 5 heteroatoms. The van der Waals surface area contributed by atoms with E-state index >= 15 is 0 Å². The van der Waals surface area contributed by atoms with E-state index in [0.29, 0.717) is 18.0 Å². The number of amides is 1. The molecule has 0 unspecified atom stereocenters. The SMILES string of the molecule is CC(C)(C)[C@H]1CCc2c(sc(NC(=O)CN3CCc4ccccc4C3)c2C#N)C1. The summed E-state index contributed by atoms with van der Waals surface area (Å²) in [6, 6.07) is 10.8. The van der Waals surface area contributed by atoms with Gasteiger partial charge < -0.3 is 5.32 Å². The van der Waals surface area contributed by atoms with Gasteiger partial charge in [-0.2, -0.15) is 5.26 Å². The number of nitriles is 1. The van der Waals surface area contributed by atoms with Gasteiger partial charge in [-0.05, 0) is 53.7 Å². The van der Waals surface area contributed by atoms with E-state index in [1.807, 2.05) is 0 Å². The zero-order chi connectivity index (χ0) is 20.6. The van der Waals surface area contributed by atoms with Crippen LogP contribution in [0.2, 0.25) is 0 Å². The number of fused-ring (bicyclic) bond motifs is 2. The smallest absolute Gasteiger partial charge is 0.239 e. The highest BCUT2D eigenvalue weighted by atomic mass is 32.1. The number of anilines is 1. The van der Waals surface area contributed by atoms with Gasteiger partial charge in [0.25, 0.3) is 0 Å².